The van der Waals surface area contributed by atoms with Gasteiger partial charge in [0, 0.05) is 0 Å². The quantitative estimate of drug-likeness (QED) is 0.516. The molecule has 0 saturated carbocycles. The molecule has 0 aromatic heterocycles. The van der Waals surface area contributed by atoms with Gasteiger partial charge in [-0.3, -0.25) is 4.79 Å². The molecule has 1 aromatic carbocycles. The van der Waals surface area contributed by atoms with Crippen LogP contribution in [0.5, 0.6) is 5.75 Å². The van der Waals surface area contributed by atoms with Crippen LogP contribution in [0.25, 0.3) is 0 Å². The third-order valence-electron chi connectivity index (χ3n) is 1.51. The van der Waals surface area contributed by atoms with Crippen molar-refractivity contribution in [3.63, 3.8) is 0 Å². The van der Waals surface area contributed by atoms with Gasteiger partial charge in [0.2, 0.25) is 0 Å². The molecule has 0 spiro atoms. The van der Waals surface area contributed by atoms with Gasteiger partial charge in [-0.05, 0) is 18.2 Å². The third kappa shape index (κ3) is 2.62. The fraction of sp³-hybridized carbons (Fsp3) is 0.0909. The summed E-state index contributed by atoms with van der Waals surface area (Å²) in [5.41, 5.74) is 3.14. The van der Waals surface area contributed by atoms with E-state index in [1.807, 2.05) is 6.07 Å². The maximum absolute atomic E-state index is 10.5. The van der Waals surface area contributed by atoms with Gasteiger partial charge in [-0.1, -0.05) is 18.7 Å². The van der Waals surface area contributed by atoms with Gasteiger partial charge in [-0.25, -0.2) is 0 Å². The van der Waals surface area contributed by atoms with Crippen molar-refractivity contribution in [1.82, 2.24) is 0 Å². The SMILES string of the molecule is C=C=CCOc1ccccc1C=O. The molecule has 0 fully saturated rings. The molecule has 2 nitrogen and oxygen atoms in total. The highest BCUT2D eigenvalue weighted by Gasteiger charge is 1.98. The van der Waals surface area contributed by atoms with Crippen molar-refractivity contribution in [2.24, 2.45) is 0 Å². The van der Waals surface area contributed by atoms with E-state index in [1.165, 1.54) is 0 Å². The van der Waals surface area contributed by atoms with Gasteiger partial charge >= 0.3 is 0 Å². The van der Waals surface area contributed by atoms with Crippen LogP contribution in [0.4, 0.5) is 0 Å². The fourth-order valence-electron chi connectivity index (χ4n) is 0.900. The van der Waals surface area contributed by atoms with Crippen LogP contribution in [-0.2, 0) is 0 Å². The molecule has 13 heavy (non-hydrogen) atoms. The summed E-state index contributed by atoms with van der Waals surface area (Å²) in [4.78, 5) is 10.5. The highest BCUT2D eigenvalue weighted by atomic mass is 16.5. The Morgan fingerprint density at radius 3 is 2.92 bits per heavy atom. The summed E-state index contributed by atoms with van der Waals surface area (Å²) < 4.78 is 5.28. The molecule has 0 unspecified atom stereocenters. The number of para-hydroxylation sites is 1. The number of aldehydes is 1. The van der Waals surface area contributed by atoms with Gasteiger partial charge in [-0.15, -0.1) is 5.73 Å². The van der Waals surface area contributed by atoms with Crippen LogP contribution in [0.15, 0.2) is 42.7 Å². The molecule has 0 saturated heterocycles. The highest BCUT2D eigenvalue weighted by Crippen LogP contribution is 2.15. The molecule has 0 atom stereocenters. The first-order chi connectivity index (χ1) is 6.38. The molecule has 2 heteroatoms. The lowest BCUT2D eigenvalue weighted by molar-refractivity contribution is 0.112. The molecule has 0 aliphatic rings. The lowest BCUT2D eigenvalue weighted by atomic mass is 10.2. The second-order valence-electron chi connectivity index (χ2n) is 2.37. The number of benzene rings is 1. The van der Waals surface area contributed by atoms with Gasteiger partial charge in [0.15, 0.2) is 6.29 Å². The van der Waals surface area contributed by atoms with Gasteiger partial charge in [0.05, 0.1) is 5.56 Å². The Balaban J connectivity index is 2.74. The van der Waals surface area contributed by atoms with Gasteiger partial charge in [-0.2, -0.15) is 0 Å². The van der Waals surface area contributed by atoms with Crippen molar-refractivity contribution >= 4 is 6.29 Å². The van der Waals surface area contributed by atoms with Crippen molar-refractivity contribution in [2.75, 3.05) is 6.61 Å². The van der Waals surface area contributed by atoms with Crippen LogP contribution >= 0.6 is 0 Å². The predicted molar refractivity (Wildman–Crippen MR) is 51.0 cm³/mol. The summed E-state index contributed by atoms with van der Waals surface area (Å²) in [6, 6.07) is 7.07. The van der Waals surface area contributed by atoms with Crippen molar-refractivity contribution in [3.05, 3.63) is 48.2 Å². The third-order valence-corrected chi connectivity index (χ3v) is 1.51. The van der Waals surface area contributed by atoms with Gasteiger partial charge in [0.1, 0.15) is 12.4 Å². The number of ether oxygens (including phenoxy) is 1. The summed E-state index contributed by atoms with van der Waals surface area (Å²) in [5, 5.41) is 0. The van der Waals surface area contributed by atoms with E-state index in [0.29, 0.717) is 17.9 Å². The molecule has 0 N–H and O–H groups in total. The molecule has 0 bridgehead atoms. The van der Waals surface area contributed by atoms with Crippen LogP contribution in [0.2, 0.25) is 0 Å². The summed E-state index contributed by atoms with van der Waals surface area (Å²) in [6.45, 7) is 3.79. The normalized spacial score (nSPS) is 8.62. The molecular weight excluding hydrogens is 164 g/mol. The first kappa shape index (κ1) is 9.30. The Hall–Kier alpha value is -1.79. The van der Waals surface area contributed by atoms with E-state index in [4.69, 9.17) is 4.74 Å². The van der Waals surface area contributed by atoms with Crippen LogP contribution in [0.3, 0.4) is 0 Å². The maximum atomic E-state index is 10.5. The number of carbonyl (C=O) groups excluding carboxylic acids is 1. The maximum Gasteiger partial charge on any atom is 0.153 e. The van der Waals surface area contributed by atoms with E-state index in [-0.39, 0.29) is 0 Å². The monoisotopic (exact) mass is 174 g/mol. The van der Waals surface area contributed by atoms with Crippen LogP contribution in [0, 0.1) is 0 Å². The average molecular weight is 174 g/mol. The molecule has 0 aliphatic carbocycles. The van der Waals surface area contributed by atoms with Crippen molar-refractivity contribution in [1.29, 1.82) is 0 Å². The molecule has 0 amide bonds. The molecule has 66 valence electrons. The van der Waals surface area contributed by atoms with Crippen LogP contribution < -0.4 is 4.74 Å². The summed E-state index contributed by atoms with van der Waals surface area (Å²) in [7, 11) is 0. The molecular formula is C11H10O2. The Kier molecular flexibility index (Phi) is 3.55. The second kappa shape index (κ2) is 4.96. The van der Waals surface area contributed by atoms with Crippen LogP contribution in [-0.4, -0.2) is 12.9 Å². The molecule has 0 aliphatic heterocycles. The van der Waals surface area contributed by atoms with E-state index in [0.717, 1.165) is 6.29 Å². The van der Waals surface area contributed by atoms with Gasteiger partial charge in [0.25, 0.3) is 0 Å². The van der Waals surface area contributed by atoms with E-state index < -0.39 is 0 Å². The standard InChI is InChI=1S/C11H10O2/c1-2-3-8-13-11-7-5-4-6-10(11)9-12/h3-7,9H,1,8H2. The zero-order valence-electron chi connectivity index (χ0n) is 7.19. The lowest BCUT2D eigenvalue weighted by Crippen LogP contribution is -1.96. The van der Waals surface area contributed by atoms with Crippen molar-refractivity contribution in [2.45, 2.75) is 0 Å². The van der Waals surface area contributed by atoms with Crippen molar-refractivity contribution in [3.8, 4) is 5.75 Å². The zero-order chi connectivity index (χ0) is 9.52. The molecule has 1 aromatic rings. The highest BCUT2D eigenvalue weighted by molar-refractivity contribution is 5.79. The van der Waals surface area contributed by atoms with E-state index in [9.17, 15) is 4.79 Å². The van der Waals surface area contributed by atoms with Crippen molar-refractivity contribution < 1.29 is 9.53 Å². The average Bonchev–Trinajstić information content (AvgIpc) is 2.19. The summed E-state index contributed by atoms with van der Waals surface area (Å²) >= 11 is 0. The first-order valence-electron chi connectivity index (χ1n) is 3.90. The molecule has 0 heterocycles. The van der Waals surface area contributed by atoms with E-state index >= 15 is 0 Å². The van der Waals surface area contributed by atoms with Gasteiger partial charge < -0.3 is 4.74 Å². The van der Waals surface area contributed by atoms with Crippen LogP contribution in [0.1, 0.15) is 10.4 Å². The molecule has 1 rings (SSSR count). The summed E-state index contributed by atoms with van der Waals surface area (Å²) in [5.74, 6) is 0.587. The van der Waals surface area contributed by atoms with E-state index in [2.05, 4.69) is 12.3 Å². The minimum Gasteiger partial charge on any atom is -0.488 e. The number of carbonyl (C=O) groups is 1. The Labute approximate surface area is 77.2 Å². The minimum atomic E-state index is 0.383. The number of hydrogen-bond donors (Lipinski definition) is 0. The van der Waals surface area contributed by atoms with E-state index in [1.54, 1.807) is 24.3 Å². The summed E-state index contributed by atoms with van der Waals surface area (Å²) in [6.07, 6.45) is 2.43. The number of hydrogen-bond acceptors (Lipinski definition) is 2. The molecule has 0 radical (unpaired) electrons. The largest absolute Gasteiger partial charge is 0.488 e. The Bertz CT molecular complexity index is 336. The second-order valence-corrected chi connectivity index (χ2v) is 2.37. The topological polar surface area (TPSA) is 26.3 Å². The Morgan fingerprint density at radius 2 is 2.23 bits per heavy atom. The minimum absolute atomic E-state index is 0.383. The first-order valence-corrected chi connectivity index (χ1v) is 3.90. The smallest absolute Gasteiger partial charge is 0.153 e. The number of rotatable bonds is 4. The Morgan fingerprint density at radius 1 is 1.46 bits per heavy atom. The lowest BCUT2D eigenvalue weighted by Gasteiger charge is -2.03. The zero-order valence-corrected chi connectivity index (χ0v) is 7.19. The fourth-order valence-corrected chi connectivity index (χ4v) is 0.900. The predicted octanol–water partition coefficient (Wildman–Crippen LogP) is 2.22.